The molecule has 2 unspecified atom stereocenters. The minimum atomic E-state index is -1.17. The highest BCUT2D eigenvalue weighted by atomic mass is 16.5. The van der Waals surface area contributed by atoms with Gasteiger partial charge in [-0.2, -0.15) is 5.10 Å². The summed E-state index contributed by atoms with van der Waals surface area (Å²) < 4.78 is 6.19. The summed E-state index contributed by atoms with van der Waals surface area (Å²) in [7, 11) is 4.16. The Kier molecular flexibility index (Phi) is 11.2. The number of aromatic amines is 1. The molecule has 0 radical (unpaired) electrons. The number of hydrogen-bond acceptors (Lipinski definition) is 8. The van der Waals surface area contributed by atoms with Gasteiger partial charge in [-0.15, -0.1) is 0 Å². The van der Waals surface area contributed by atoms with E-state index in [0.717, 1.165) is 75.6 Å². The molecule has 0 aliphatic heterocycles. The molecule has 55 heavy (non-hydrogen) atoms. The molecule has 6 rings (SSSR count). The van der Waals surface area contributed by atoms with Crippen LogP contribution < -0.4 is 0 Å². The number of aliphatic carboxylic acids is 1. The van der Waals surface area contributed by atoms with Crippen molar-refractivity contribution in [1.82, 2.24) is 20.0 Å². The van der Waals surface area contributed by atoms with E-state index in [9.17, 15) is 24.6 Å². The number of nitrogens with zero attached hydrogens (tertiary/aromatic N) is 3. The van der Waals surface area contributed by atoms with E-state index < -0.39 is 28.9 Å². The molecule has 10 nitrogen and oxygen atoms in total. The van der Waals surface area contributed by atoms with Gasteiger partial charge in [0, 0.05) is 55.2 Å². The van der Waals surface area contributed by atoms with Crippen molar-refractivity contribution in [1.29, 1.82) is 0 Å². The maximum absolute atomic E-state index is 14.3. The Bertz CT molecular complexity index is 1650. The minimum Gasteiger partial charge on any atom is -0.481 e. The smallest absolute Gasteiger partial charge is 0.309 e. The normalized spacial score (nSPS) is 36.4. The lowest BCUT2D eigenvalue weighted by atomic mass is 9.33. The van der Waals surface area contributed by atoms with Crippen molar-refractivity contribution < 1.29 is 29.3 Å². The quantitative estimate of drug-likeness (QED) is 0.174. The van der Waals surface area contributed by atoms with E-state index in [1.807, 2.05) is 12.4 Å². The third-order valence-electron chi connectivity index (χ3n) is 16.8. The van der Waals surface area contributed by atoms with Crippen LogP contribution in [-0.4, -0.2) is 93.9 Å². The first kappa shape index (κ1) is 42.1. The van der Waals surface area contributed by atoms with Gasteiger partial charge in [-0.25, -0.2) is 0 Å². The molecule has 5 aliphatic rings. The standard InChI is InChI=1S/C45H72N4O6/c1-28(2)37-31(50)22-45(34(51)27-49(21-20-48(10)11)26-29-24-46-47-25-29)19-18-43(8)30(38(37)45)12-13-33-42(7)16-15-35(55-36(52)23-40(3,4)39(53)54)41(5,6)32(42)14-17-44(33,43)9/h24-25,28,30,32-35,51H,12-23,26-27H2,1-11H3,(H,46,47)(H,53,54)/t30-,32+,33-,34?,35+,42+,43-,44-,45?/m1/s1. The average Bonchev–Trinajstić information content (AvgIpc) is 3.70. The van der Waals surface area contributed by atoms with Crippen LogP contribution in [0.15, 0.2) is 23.5 Å². The maximum atomic E-state index is 14.3. The minimum absolute atomic E-state index is 0.0233. The summed E-state index contributed by atoms with van der Waals surface area (Å²) in [5, 5.41) is 29.3. The Morgan fingerprint density at radius 1 is 0.982 bits per heavy atom. The second kappa shape index (κ2) is 14.7. The zero-order valence-corrected chi connectivity index (χ0v) is 35.9. The van der Waals surface area contributed by atoms with Crippen LogP contribution in [0.2, 0.25) is 0 Å². The number of ketones is 1. The molecule has 1 aromatic heterocycles. The number of H-pyrrole nitrogens is 1. The molecule has 0 amide bonds. The number of carboxylic acid groups (broad SMARTS) is 1. The molecular formula is C45H72N4O6. The van der Waals surface area contributed by atoms with E-state index in [1.165, 1.54) is 5.57 Å². The molecule has 0 spiro atoms. The lowest BCUT2D eigenvalue weighted by molar-refractivity contribution is -0.235. The van der Waals surface area contributed by atoms with Crippen molar-refractivity contribution in [3.05, 3.63) is 29.1 Å². The molecule has 9 atom stereocenters. The number of fused-ring (bicyclic) bond motifs is 7. The number of aromatic nitrogens is 2. The predicted molar refractivity (Wildman–Crippen MR) is 214 cm³/mol. The number of aliphatic hydroxyl groups is 1. The summed E-state index contributed by atoms with van der Waals surface area (Å²) in [5.41, 5.74) is 1.51. The van der Waals surface area contributed by atoms with Crippen LogP contribution in [0.4, 0.5) is 0 Å². The van der Waals surface area contributed by atoms with E-state index in [-0.39, 0.29) is 51.8 Å². The van der Waals surface area contributed by atoms with Crippen LogP contribution in [0.3, 0.4) is 0 Å². The SMILES string of the molecule is CC(C)C1=C2[C@H]3CC[C@@H]4[C@@]5(C)CC[C@H](OC(=O)CC(C)(C)C(=O)O)C(C)(C)[C@@H]5CC[C@@]4(C)[C@]3(C)CCC2(C(O)CN(CCN(C)C)Cc2cn[nH]c2)CC1=O. The van der Waals surface area contributed by atoms with Crippen molar-refractivity contribution >= 4 is 17.7 Å². The Balaban J connectivity index is 1.28. The van der Waals surface area contributed by atoms with Crippen molar-refractivity contribution in [2.24, 2.45) is 56.2 Å². The molecular weight excluding hydrogens is 693 g/mol. The summed E-state index contributed by atoms with van der Waals surface area (Å²) in [4.78, 5) is 43.7. The third-order valence-corrected chi connectivity index (χ3v) is 16.8. The molecule has 4 fully saturated rings. The molecule has 5 aliphatic carbocycles. The Morgan fingerprint density at radius 3 is 2.31 bits per heavy atom. The zero-order chi connectivity index (χ0) is 40.5. The molecule has 0 aromatic carbocycles. The largest absolute Gasteiger partial charge is 0.481 e. The fourth-order valence-electron chi connectivity index (χ4n) is 13.5. The predicted octanol–water partition coefficient (Wildman–Crippen LogP) is 7.53. The second-order valence-corrected chi connectivity index (χ2v) is 21.2. The molecule has 1 heterocycles. The Labute approximate surface area is 330 Å². The number of carboxylic acids is 1. The number of carbonyl (C=O) groups excluding carboxylic acids is 2. The lowest BCUT2D eigenvalue weighted by Crippen LogP contribution is -2.66. The van der Waals surface area contributed by atoms with Gasteiger partial charge in [0.2, 0.25) is 0 Å². The molecule has 308 valence electrons. The van der Waals surface area contributed by atoms with E-state index in [1.54, 1.807) is 13.8 Å². The van der Waals surface area contributed by atoms with E-state index in [2.05, 4.69) is 82.6 Å². The second-order valence-electron chi connectivity index (χ2n) is 21.2. The van der Waals surface area contributed by atoms with Crippen LogP contribution in [0.1, 0.15) is 132 Å². The van der Waals surface area contributed by atoms with Gasteiger partial charge < -0.3 is 19.8 Å². The maximum Gasteiger partial charge on any atom is 0.309 e. The van der Waals surface area contributed by atoms with Gasteiger partial charge in [0.25, 0.3) is 0 Å². The summed E-state index contributed by atoms with van der Waals surface area (Å²) >= 11 is 0. The highest BCUT2D eigenvalue weighted by Crippen LogP contribution is 2.77. The van der Waals surface area contributed by atoms with Gasteiger partial charge in [-0.3, -0.25) is 24.4 Å². The van der Waals surface area contributed by atoms with Gasteiger partial charge in [0.15, 0.2) is 5.78 Å². The Hall–Kier alpha value is -2.56. The van der Waals surface area contributed by atoms with E-state index in [4.69, 9.17) is 4.74 Å². The molecule has 10 heteroatoms. The summed E-state index contributed by atoms with van der Waals surface area (Å²) in [6.45, 7) is 22.6. The molecule has 0 bridgehead atoms. The molecule has 4 saturated carbocycles. The number of rotatable bonds is 13. The number of aliphatic hydroxyl groups excluding tert-OH is 1. The number of likely N-dealkylation sites (N-methyl/N-ethyl adjacent to an activating group) is 1. The number of allylic oxidation sites excluding steroid dienone is 1. The highest BCUT2D eigenvalue weighted by Gasteiger charge is 2.71. The molecule has 0 saturated heterocycles. The summed E-state index contributed by atoms with van der Waals surface area (Å²) in [6, 6.07) is 0. The number of nitrogens with one attached hydrogen (secondary N) is 1. The van der Waals surface area contributed by atoms with Crippen LogP contribution in [0, 0.1) is 56.2 Å². The van der Waals surface area contributed by atoms with Gasteiger partial charge in [0.1, 0.15) is 6.10 Å². The highest BCUT2D eigenvalue weighted by molar-refractivity contribution is 6.00. The third kappa shape index (κ3) is 6.96. The topological polar surface area (TPSA) is 136 Å². The summed E-state index contributed by atoms with van der Waals surface area (Å²) in [6.07, 6.45) is 11.0. The lowest BCUT2D eigenvalue weighted by Gasteiger charge is -2.72. The van der Waals surface area contributed by atoms with Crippen LogP contribution >= 0.6 is 0 Å². The number of hydrogen-bond donors (Lipinski definition) is 3. The first-order valence-corrected chi connectivity index (χ1v) is 21.3. The van der Waals surface area contributed by atoms with Crippen LogP contribution in [0.5, 0.6) is 0 Å². The van der Waals surface area contributed by atoms with Gasteiger partial charge in [-0.05, 0) is 125 Å². The number of ether oxygens (including phenoxy) is 1. The monoisotopic (exact) mass is 765 g/mol. The van der Waals surface area contributed by atoms with E-state index in [0.29, 0.717) is 31.3 Å². The van der Waals surface area contributed by atoms with Crippen molar-refractivity contribution in [3.63, 3.8) is 0 Å². The average molecular weight is 765 g/mol. The first-order chi connectivity index (χ1) is 25.5. The summed E-state index contributed by atoms with van der Waals surface area (Å²) in [5.74, 6) is 0.0299. The molecule has 3 N–H and O–H groups in total. The fraction of sp³-hybridized carbons (Fsp3) is 0.822. The van der Waals surface area contributed by atoms with Crippen molar-refractivity contribution in [2.75, 3.05) is 33.7 Å². The number of esters is 1. The molecule has 1 aromatic rings. The van der Waals surface area contributed by atoms with Crippen LogP contribution in [-0.2, 0) is 25.7 Å². The van der Waals surface area contributed by atoms with Crippen LogP contribution in [0.25, 0.3) is 0 Å². The fourth-order valence-corrected chi connectivity index (χ4v) is 13.5. The first-order valence-electron chi connectivity index (χ1n) is 21.3. The van der Waals surface area contributed by atoms with E-state index >= 15 is 0 Å². The van der Waals surface area contributed by atoms with Gasteiger partial charge in [-0.1, -0.05) is 54.0 Å². The van der Waals surface area contributed by atoms with Crippen molar-refractivity contribution in [2.45, 2.75) is 145 Å². The Morgan fingerprint density at radius 2 is 1.69 bits per heavy atom. The van der Waals surface area contributed by atoms with Gasteiger partial charge in [0.05, 0.1) is 24.1 Å². The number of Topliss-reactive ketones (excluding diaryl/α,β-unsaturated/α-hetero) is 1. The van der Waals surface area contributed by atoms with Gasteiger partial charge >= 0.3 is 11.9 Å². The number of carbonyl (C=O) groups is 3. The zero-order valence-electron chi connectivity index (χ0n) is 35.9. The van der Waals surface area contributed by atoms with Crippen molar-refractivity contribution in [3.8, 4) is 0 Å².